The minimum atomic E-state index is 0.171. The Hall–Kier alpha value is -1.56. The molecule has 4 N–H and O–H groups in total. The molecule has 0 spiro atoms. The predicted octanol–water partition coefficient (Wildman–Crippen LogP) is 0.444. The summed E-state index contributed by atoms with van der Waals surface area (Å²) in [7, 11) is 3.39. The lowest BCUT2D eigenvalue weighted by Crippen LogP contribution is -2.35. The summed E-state index contributed by atoms with van der Waals surface area (Å²) in [5.74, 6) is 0.496. The van der Waals surface area contributed by atoms with Crippen molar-refractivity contribution in [1.29, 1.82) is 0 Å². The number of aliphatic imine (C=N–C) groups is 2. The van der Waals surface area contributed by atoms with E-state index in [4.69, 9.17) is 11.5 Å². The summed E-state index contributed by atoms with van der Waals surface area (Å²) < 4.78 is 0. The molecule has 0 bridgehead atoms. The third-order valence-corrected chi connectivity index (χ3v) is 2.37. The number of nitrogens with two attached hydrogens (primary N) is 2. The van der Waals surface area contributed by atoms with Crippen molar-refractivity contribution >= 4 is 28.9 Å². The lowest BCUT2D eigenvalue weighted by atomic mass is 10.5. The zero-order chi connectivity index (χ0) is 10.6. The number of thiophene rings is 1. The van der Waals surface area contributed by atoms with Gasteiger partial charge in [0.1, 0.15) is 0 Å². The largest absolute Gasteiger partial charge is 0.369 e. The number of nitrogens with zero attached hydrogens (tertiary/aromatic N) is 3. The van der Waals surface area contributed by atoms with E-state index < -0.39 is 0 Å². The fourth-order valence-electron chi connectivity index (χ4n) is 0.823. The van der Waals surface area contributed by atoms with Crippen molar-refractivity contribution in [3.63, 3.8) is 0 Å². The fourth-order valence-corrected chi connectivity index (χ4v) is 1.50. The first-order valence-corrected chi connectivity index (χ1v) is 4.91. The average Bonchev–Trinajstić information content (AvgIpc) is 2.69. The van der Waals surface area contributed by atoms with Crippen molar-refractivity contribution in [3.05, 3.63) is 16.8 Å². The fraction of sp³-hybridized carbons (Fsp3) is 0.250. The molecule has 0 aromatic carbocycles. The summed E-state index contributed by atoms with van der Waals surface area (Å²) in [5, 5.41) is 3.94. The SMILES string of the molecule is CN=C(N)N=C(N)N(C)c1ccsc1. The summed E-state index contributed by atoms with van der Waals surface area (Å²) in [4.78, 5) is 9.34. The van der Waals surface area contributed by atoms with Crippen LogP contribution in [0.25, 0.3) is 0 Å². The summed E-state index contributed by atoms with van der Waals surface area (Å²) in [6, 6.07) is 1.95. The summed E-state index contributed by atoms with van der Waals surface area (Å²) in [5.41, 5.74) is 12.1. The van der Waals surface area contributed by atoms with Crippen LogP contribution in [-0.2, 0) is 0 Å². The first kappa shape index (κ1) is 10.5. The van der Waals surface area contributed by atoms with E-state index in [0.717, 1.165) is 5.69 Å². The standard InChI is InChI=1S/C8H13N5S/c1-11-7(9)12-8(10)13(2)6-3-4-14-5-6/h3-5H,1-2H3,(H4,9,10,11,12). The molecule has 76 valence electrons. The first-order valence-electron chi connectivity index (χ1n) is 3.97. The second-order valence-corrected chi connectivity index (χ2v) is 3.37. The van der Waals surface area contributed by atoms with E-state index in [1.807, 2.05) is 23.9 Å². The third kappa shape index (κ3) is 2.46. The van der Waals surface area contributed by atoms with Crippen LogP contribution < -0.4 is 16.4 Å². The summed E-state index contributed by atoms with van der Waals surface area (Å²) in [6.07, 6.45) is 0. The molecular weight excluding hydrogens is 198 g/mol. The molecule has 5 nitrogen and oxygen atoms in total. The summed E-state index contributed by atoms with van der Waals surface area (Å²) >= 11 is 1.60. The van der Waals surface area contributed by atoms with Crippen molar-refractivity contribution in [3.8, 4) is 0 Å². The zero-order valence-electron chi connectivity index (χ0n) is 8.14. The molecule has 6 heteroatoms. The van der Waals surface area contributed by atoms with Gasteiger partial charge >= 0.3 is 0 Å². The van der Waals surface area contributed by atoms with Crippen LogP contribution >= 0.6 is 11.3 Å². The maximum Gasteiger partial charge on any atom is 0.218 e. The van der Waals surface area contributed by atoms with E-state index in [-0.39, 0.29) is 5.96 Å². The molecule has 0 aliphatic rings. The molecule has 0 fully saturated rings. The molecule has 1 heterocycles. The molecule has 0 aliphatic heterocycles. The number of rotatable bonds is 1. The molecule has 0 radical (unpaired) electrons. The van der Waals surface area contributed by atoms with Crippen LogP contribution in [0.2, 0.25) is 0 Å². The van der Waals surface area contributed by atoms with Gasteiger partial charge in [0.25, 0.3) is 0 Å². The van der Waals surface area contributed by atoms with E-state index in [1.165, 1.54) is 0 Å². The Kier molecular flexibility index (Phi) is 3.47. The average molecular weight is 211 g/mol. The quantitative estimate of drug-likeness (QED) is 0.522. The molecule has 14 heavy (non-hydrogen) atoms. The minimum Gasteiger partial charge on any atom is -0.369 e. The van der Waals surface area contributed by atoms with Gasteiger partial charge < -0.3 is 16.4 Å². The number of hydrogen-bond donors (Lipinski definition) is 2. The monoisotopic (exact) mass is 211 g/mol. The number of guanidine groups is 2. The lowest BCUT2D eigenvalue weighted by molar-refractivity contribution is 1.22. The van der Waals surface area contributed by atoms with Crippen LogP contribution in [0.3, 0.4) is 0 Å². The van der Waals surface area contributed by atoms with Crippen LogP contribution in [0.5, 0.6) is 0 Å². The lowest BCUT2D eigenvalue weighted by Gasteiger charge is -2.15. The van der Waals surface area contributed by atoms with Crippen molar-refractivity contribution in [1.82, 2.24) is 0 Å². The first-order chi connectivity index (χ1) is 6.65. The van der Waals surface area contributed by atoms with Crippen LogP contribution in [0.15, 0.2) is 26.8 Å². The maximum absolute atomic E-state index is 5.70. The van der Waals surface area contributed by atoms with Crippen molar-refractivity contribution < 1.29 is 0 Å². The van der Waals surface area contributed by atoms with Gasteiger partial charge in [-0.1, -0.05) is 0 Å². The Labute approximate surface area is 86.8 Å². The molecule has 1 aromatic heterocycles. The minimum absolute atomic E-state index is 0.171. The van der Waals surface area contributed by atoms with Crippen molar-refractivity contribution in [2.24, 2.45) is 21.5 Å². The molecule has 0 amide bonds. The van der Waals surface area contributed by atoms with E-state index in [9.17, 15) is 0 Å². The Morgan fingerprint density at radius 3 is 2.71 bits per heavy atom. The Morgan fingerprint density at radius 2 is 2.21 bits per heavy atom. The highest BCUT2D eigenvalue weighted by atomic mass is 32.1. The van der Waals surface area contributed by atoms with Gasteiger partial charge in [-0.05, 0) is 11.4 Å². The molecule has 0 saturated carbocycles. The summed E-state index contributed by atoms with van der Waals surface area (Å²) in [6.45, 7) is 0. The Bertz CT molecular complexity index is 341. The van der Waals surface area contributed by atoms with Crippen molar-refractivity contribution in [2.75, 3.05) is 19.0 Å². The molecule has 1 rings (SSSR count). The van der Waals surface area contributed by atoms with Crippen LogP contribution in [-0.4, -0.2) is 26.0 Å². The smallest absolute Gasteiger partial charge is 0.218 e. The van der Waals surface area contributed by atoms with Gasteiger partial charge in [-0.2, -0.15) is 16.3 Å². The van der Waals surface area contributed by atoms with Crippen LogP contribution in [0.4, 0.5) is 5.69 Å². The maximum atomic E-state index is 5.70. The Balaban J connectivity index is 2.80. The van der Waals surface area contributed by atoms with Gasteiger partial charge in [0.15, 0.2) is 0 Å². The second kappa shape index (κ2) is 4.61. The van der Waals surface area contributed by atoms with E-state index in [0.29, 0.717) is 5.96 Å². The van der Waals surface area contributed by atoms with Crippen LogP contribution in [0, 0.1) is 0 Å². The molecular formula is C8H13N5S. The van der Waals surface area contributed by atoms with Gasteiger partial charge in [0.2, 0.25) is 11.9 Å². The van der Waals surface area contributed by atoms with E-state index in [2.05, 4.69) is 9.98 Å². The van der Waals surface area contributed by atoms with Crippen LogP contribution in [0.1, 0.15) is 0 Å². The van der Waals surface area contributed by atoms with Crippen molar-refractivity contribution in [2.45, 2.75) is 0 Å². The van der Waals surface area contributed by atoms with Gasteiger partial charge in [0.05, 0.1) is 5.69 Å². The highest BCUT2D eigenvalue weighted by molar-refractivity contribution is 7.08. The van der Waals surface area contributed by atoms with E-state index >= 15 is 0 Å². The van der Waals surface area contributed by atoms with Gasteiger partial charge in [0, 0.05) is 19.5 Å². The molecule has 1 aromatic rings. The molecule has 0 aliphatic carbocycles. The number of anilines is 1. The number of hydrogen-bond acceptors (Lipinski definition) is 2. The molecule has 0 atom stereocenters. The third-order valence-electron chi connectivity index (χ3n) is 1.70. The zero-order valence-corrected chi connectivity index (χ0v) is 8.95. The van der Waals surface area contributed by atoms with Gasteiger partial charge in [-0.3, -0.25) is 4.99 Å². The normalized spacial score (nSPS) is 13.0. The molecule has 0 saturated heterocycles. The van der Waals surface area contributed by atoms with E-state index in [1.54, 1.807) is 23.3 Å². The topological polar surface area (TPSA) is 80.0 Å². The molecule has 0 unspecified atom stereocenters. The predicted molar refractivity (Wildman–Crippen MR) is 61.9 cm³/mol. The van der Waals surface area contributed by atoms with Gasteiger partial charge in [-0.25, -0.2) is 0 Å². The Morgan fingerprint density at radius 1 is 1.50 bits per heavy atom. The van der Waals surface area contributed by atoms with Gasteiger partial charge in [-0.15, -0.1) is 0 Å². The highest BCUT2D eigenvalue weighted by Crippen LogP contribution is 2.15. The second-order valence-electron chi connectivity index (χ2n) is 2.59. The highest BCUT2D eigenvalue weighted by Gasteiger charge is 2.04.